The summed E-state index contributed by atoms with van der Waals surface area (Å²) in [5.74, 6) is -2.01. The molecule has 0 radical (unpaired) electrons. The summed E-state index contributed by atoms with van der Waals surface area (Å²) in [6, 6.07) is 0. The molecule has 0 aromatic heterocycles. The number of carboxylic acids is 1. The van der Waals surface area contributed by atoms with E-state index < -0.39 is 24.3 Å². The molecule has 0 aromatic rings. The van der Waals surface area contributed by atoms with Crippen molar-refractivity contribution >= 4 is 17.9 Å². The van der Waals surface area contributed by atoms with E-state index >= 15 is 0 Å². The number of quaternary nitrogens is 1. The maximum atomic E-state index is 12.9. The van der Waals surface area contributed by atoms with Crippen LogP contribution in [0.2, 0.25) is 0 Å². The summed E-state index contributed by atoms with van der Waals surface area (Å²) < 4.78 is 23.0. The van der Waals surface area contributed by atoms with Crippen molar-refractivity contribution in [3.63, 3.8) is 0 Å². The summed E-state index contributed by atoms with van der Waals surface area (Å²) in [7, 11) is 5.97. The maximum absolute atomic E-state index is 12.9. The minimum Gasteiger partial charge on any atom is -0.477 e. The van der Waals surface area contributed by atoms with E-state index in [-0.39, 0.29) is 32.2 Å². The molecular weight excluding hydrogens is 1080 g/mol. The fraction of sp³-hybridized carbons (Fsp3) is 0.705. The molecule has 0 spiro atoms. The van der Waals surface area contributed by atoms with E-state index in [9.17, 15) is 19.5 Å². The number of rotatable bonds is 65. The standard InChI is InChI=1S/C78H133NO8/c1-6-8-10-12-14-16-18-20-22-24-26-28-30-31-32-33-34-35-36-37-38-39-40-41-42-43-44-45-47-49-51-53-55-57-59-61-63-65-67-69-76(81)87-74(73-86-78(77(82)83)84-71-70-79(3,4)5)72-85-75(80)68-66-64-62-60-58-56-54-52-50-48-46-29-27-25-23-21-19-17-15-13-11-9-7-2/h8,10,14,16,20,22,25-28,31-32,34-35,37-38,40-41,43-44,74,78H,6-7,9,11-13,15,17-19,21,23-24,29-30,33,36,39,42,45-73H2,1-5H3/p+1/b10-8-,16-14-,22-20-,27-25-,28-26-,32-31-,35-34-,38-37-,41-40-,44-43-. The first kappa shape index (κ1) is 82.7. The van der Waals surface area contributed by atoms with Crippen molar-refractivity contribution in [3.8, 4) is 0 Å². The predicted octanol–water partition coefficient (Wildman–Crippen LogP) is 22.4. The highest BCUT2D eigenvalue weighted by atomic mass is 16.7. The van der Waals surface area contributed by atoms with Crippen LogP contribution >= 0.6 is 0 Å². The van der Waals surface area contributed by atoms with Crippen LogP contribution in [-0.2, 0) is 33.3 Å². The largest absolute Gasteiger partial charge is 0.477 e. The average Bonchev–Trinajstić information content (AvgIpc) is 3.55. The summed E-state index contributed by atoms with van der Waals surface area (Å²) in [6.07, 6.45) is 93.1. The molecule has 9 nitrogen and oxygen atoms in total. The van der Waals surface area contributed by atoms with Gasteiger partial charge in [-0.05, 0) is 109 Å². The Morgan fingerprint density at radius 3 is 0.989 bits per heavy atom. The van der Waals surface area contributed by atoms with Crippen molar-refractivity contribution in [2.24, 2.45) is 0 Å². The number of carboxylic acid groups (broad SMARTS) is 1. The fourth-order valence-electron chi connectivity index (χ4n) is 9.77. The summed E-state index contributed by atoms with van der Waals surface area (Å²) in [6.45, 7) is 4.78. The monoisotopic (exact) mass is 1210 g/mol. The number of ether oxygens (including phenoxy) is 4. The van der Waals surface area contributed by atoms with Gasteiger partial charge < -0.3 is 28.5 Å². The van der Waals surface area contributed by atoms with Crippen LogP contribution in [0.4, 0.5) is 0 Å². The molecule has 0 fully saturated rings. The van der Waals surface area contributed by atoms with Gasteiger partial charge in [-0.25, -0.2) is 4.79 Å². The Morgan fingerprint density at radius 1 is 0.356 bits per heavy atom. The minimum absolute atomic E-state index is 0.183. The van der Waals surface area contributed by atoms with Crippen molar-refractivity contribution in [2.75, 3.05) is 47.5 Å². The molecule has 0 aliphatic heterocycles. The summed E-state index contributed by atoms with van der Waals surface area (Å²) in [5.41, 5.74) is 0. The first-order valence-corrected chi connectivity index (χ1v) is 35.7. The molecule has 9 heteroatoms. The number of esters is 2. The normalized spacial score (nSPS) is 13.4. The number of carbonyl (C=O) groups is 3. The van der Waals surface area contributed by atoms with Gasteiger partial charge in [0.1, 0.15) is 13.2 Å². The molecule has 0 aliphatic rings. The molecule has 0 aliphatic carbocycles. The van der Waals surface area contributed by atoms with Gasteiger partial charge in [0.2, 0.25) is 0 Å². The highest BCUT2D eigenvalue weighted by Gasteiger charge is 2.25. The van der Waals surface area contributed by atoms with Crippen LogP contribution < -0.4 is 0 Å². The third-order valence-corrected chi connectivity index (χ3v) is 15.2. The third kappa shape index (κ3) is 69.0. The van der Waals surface area contributed by atoms with E-state index in [0.29, 0.717) is 23.9 Å². The van der Waals surface area contributed by atoms with E-state index in [0.717, 1.165) is 103 Å². The fourth-order valence-corrected chi connectivity index (χ4v) is 9.77. The second kappa shape index (κ2) is 67.6. The van der Waals surface area contributed by atoms with Crippen molar-refractivity contribution in [1.82, 2.24) is 0 Å². The van der Waals surface area contributed by atoms with E-state index in [1.165, 1.54) is 161 Å². The number of likely N-dealkylation sites (N-methyl/N-ethyl adjacent to an activating group) is 1. The average molecular weight is 1210 g/mol. The van der Waals surface area contributed by atoms with Crippen molar-refractivity contribution in [3.05, 3.63) is 122 Å². The van der Waals surface area contributed by atoms with Gasteiger partial charge in [0.15, 0.2) is 6.10 Å². The first-order chi connectivity index (χ1) is 42.6. The quantitative estimate of drug-likeness (QED) is 0.0211. The zero-order valence-corrected chi connectivity index (χ0v) is 56.9. The number of hydrogen-bond acceptors (Lipinski definition) is 7. The Kier molecular flexibility index (Phi) is 64.3. The van der Waals surface area contributed by atoms with Gasteiger partial charge >= 0.3 is 17.9 Å². The minimum atomic E-state index is -1.52. The number of hydrogen-bond donors (Lipinski definition) is 1. The molecule has 498 valence electrons. The topological polar surface area (TPSA) is 108 Å². The molecular formula is C78H134NO8+. The van der Waals surface area contributed by atoms with Crippen LogP contribution in [0.15, 0.2) is 122 Å². The van der Waals surface area contributed by atoms with Crippen molar-refractivity contribution < 1.29 is 42.9 Å². The van der Waals surface area contributed by atoms with Gasteiger partial charge in [0.25, 0.3) is 6.29 Å². The Hall–Kier alpha value is -4.31. The molecule has 2 unspecified atom stereocenters. The molecule has 0 saturated heterocycles. The second-order valence-corrected chi connectivity index (χ2v) is 24.8. The SMILES string of the molecule is CC/C=C\C/C=C\C/C=C\C/C=C\C/C=C\C/C=C\C/C=C\C/C=C\C/C=C\CCCCCCCCCCCCCC(=O)OC(COC(=O)CCCCCCCCCCCCC/C=C\CCCCCCCCCC)COC(OCC[N+](C)(C)C)C(=O)O. The zero-order valence-electron chi connectivity index (χ0n) is 56.9. The van der Waals surface area contributed by atoms with E-state index in [1.807, 2.05) is 21.1 Å². The molecule has 0 aromatic carbocycles. The molecule has 1 N–H and O–H groups in total. The highest BCUT2D eigenvalue weighted by Crippen LogP contribution is 2.17. The zero-order chi connectivity index (χ0) is 63.3. The first-order valence-electron chi connectivity index (χ1n) is 35.7. The van der Waals surface area contributed by atoms with E-state index in [2.05, 4.69) is 135 Å². The molecule has 0 amide bonds. The van der Waals surface area contributed by atoms with Crippen LogP contribution in [0, 0.1) is 0 Å². The lowest BCUT2D eigenvalue weighted by molar-refractivity contribution is -0.870. The summed E-state index contributed by atoms with van der Waals surface area (Å²) in [4.78, 5) is 37.6. The molecule has 0 rings (SSSR count). The van der Waals surface area contributed by atoms with Crippen LogP contribution in [0.5, 0.6) is 0 Å². The van der Waals surface area contributed by atoms with E-state index in [1.54, 1.807) is 0 Å². The lowest BCUT2D eigenvalue weighted by Crippen LogP contribution is -2.40. The Labute approximate surface area is 536 Å². The molecule has 2 atom stereocenters. The Balaban J connectivity index is 4.13. The predicted molar refractivity (Wildman–Crippen MR) is 373 cm³/mol. The number of aliphatic carboxylic acids is 1. The smallest absolute Gasteiger partial charge is 0.361 e. The maximum Gasteiger partial charge on any atom is 0.361 e. The molecule has 87 heavy (non-hydrogen) atoms. The highest BCUT2D eigenvalue weighted by molar-refractivity contribution is 5.71. The van der Waals surface area contributed by atoms with Crippen LogP contribution in [0.25, 0.3) is 0 Å². The van der Waals surface area contributed by atoms with Gasteiger partial charge in [-0.3, -0.25) is 9.59 Å². The van der Waals surface area contributed by atoms with Crippen molar-refractivity contribution in [2.45, 2.75) is 309 Å². The second-order valence-electron chi connectivity index (χ2n) is 24.8. The summed E-state index contributed by atoms with van der Waals surface area (Å²) in [5, 5.41) is 9.75. The number of allylic oxidation sites excluding steroid dienone is 20. The van der Waals surface area contributed by atoms with Gasteiger partial charge in [-0.2, -0.15) is 0 Å². The Bertz CT molecular complexity index is 1840. The van der Waals surface area contributed by atoms with Crippen LogP contribution in [0.1, 0.15) is 296 Å². The lowest BCUT2D eigenvalue weighted by Gasteiger charge is -2.25. The van der Waals surface area contributed by atoms with Crippen LogP contribution in [-0.4, -0.2) is 87.4 Å². The number of carbonyl (C=O) groups excluding carboxylic acids is 2. The van der Waals surface area contributed by atoms with Crippen LogP contribution in [0.3, 0.4) is 0 Å². The van der Waals surface area contributed by atoms with Gasteiger partial charge in [0, 0.05) is 12.8 Å². The summed E-state index contributed by atoms with van der Waals surface area (Å²) >= 11 is 0. The number of nitrogens with zero attached hydrogens (tertiary/aromatic N) is 1. The molecule has 0 saturated carbocycles. The van der Waals surface area contributed by atoms with Gasteiger partial charge in [-0.1, -0.05) is 296 Å². The Morgan fingerprint density at radius 2 is 0.655 bits per heavy atom. The number of unbranched alkanes of at least 4 members (excludes halogenated alkanes) is 30. The van der Waals surface area contributed by atoms with Crippen molar-refractivity contribution in [1.29, 1.82) is 0 Å². The van der Waals surface area contributed by atoms with Gasteiger partial charge in [-0.15, -0.1) is 0 Å². The van der Waals surface area contributed by atoms with Gasteiger partial charge in [0.05, 0.1) is 34.4 Å². The molecule has 0 bridgehead atoms. The molecule has 0 heterocycles. The lowest BCUT2D eigenvalue weighted by atomic mass is 10.0. The third-order valence-electron chi connectivity index (χ3n) is 15.2. The van der Waals surface area contributed by atoms with E-state index in [4.69, 9.17) is 18.9 Å².